The average Bonchev–Trinajstić information content (AvgIpc) is 2.49. The molecular formula is C17H28O7. The van der Waals surface area contributed by atoms with E-state index < -0.39 is 40.6 Å². The maximum absolute atomic E-state index is 12.8. The van der Waals surface area contributed by atoms with Crippen LogP contribution in [0, 0.1) is 16.7 Å². The molecule has 24 heavy (non-hydrogen) atoms. The largest absolute Gasteiger partial charge is 0.463 e. The van der Waals surface area contributed by atoms with Gasteiger partial charge in [0.25, 0.3) is 0 Å². The molecule has 138 valence electrons. The molecule has 0 aromatic carbocycles. The fraction of sp³-hybridized carbons (Fsp3) is 0.765. The van der Waals surface area contributed by atoms with E-state index in [9.17, 15) is 19.2 Å². The van der Waals surface area contributed by atoms with E-state index in [2.05, 4.69) is 4.74 Å². The van der Waals surface area contributed by atoms with Crippen LogP contribution in [0.4, 0.5) is 0 Å². The highest BCUT2D eigenvalue weighted by atomic mass is 16.6. The lowest BCUT2D eigenvalue weighted by Gasteiger charge is -2.34. The summed E-state index contributed by atoms with van der Waals surface area (Å²) in [6.07, 6.45) is -0.683. The number of ketones is 1. The maximum Gasteiger partial charge on any atom is 0.332 e. The summed E-state index contributed by atoms with van der Waals surface area (Å²) in [6, 6.07) is 0. The summed E-state index contributed by atoms with van der Waals surface area (Å²) in [5.74, 6) is -2.11. The van der Waals surface area contributed by atoms with Crippen LogP contribution in [0.3, 0.4) is 0 Å². The highest BCUT2D eigenvalue weighted by Gasteiger charge is 2.45. The van der Waals surface area contributed by atoms with Crippen LogP contribution in [0.2, 0.25) is 0 Å². The third-order valence-corrected chi connectivity index (χ3v) is 3.45. The molecule has 7 heteroatoms. The van der Waals surface area contributed by atoms with Crippen molar-refractivity contribution in [3.8, 4) is 0 Å². The van der Waals surface area contributed by atoms with Gasteiger partial charge >= 0.3 is 11.9 Å². The summed E-state index contributed by atoms with van der Waals surface area (Å²) < 4.78 is 14.9. The Morgan fingerprint density at radius 2 is 1.62 bits per heavy atom. The topological polar surface area (TPSA) is 96.0 Å². The van der Waals surface area contributed by atoms with Gasteiger partial charge in [-0.15, -0.1) is 0 Å². The van der Waals surface area contributed by atoms with E-state index in [4.69, 9.17) is 9.47 Å². The molecule has 0 heterocycles. The molecule has 0 aliphatic heterocycles. The molecule has 1 atom stereocenters. The normalized spacial score (nSPS) is 13.3. The van der Waals surface area contributed by atoms with Gasteiger partial charge in [-0.25, -0.2) is 4.79 Å². The fourth-order valence-electron chi connectivity index (χ4n) is 1.70. The number of hydrogen-bond acceptors (Lipinski definition) is 7. The molecule has 0 aromatic rings. The molecular weight excluding hydrogens is 316 g/mol. The Kier molecular flexibility index (Phi) is 8.26. The number of carbonyl (C=O) groups excluding carboxylic acids is 4. The van der Waals surface area contributed by atoms with Crippen LogP contribution in [-0.2, 0) is 33.4 Å². The smallest absolute Gasteiger partial charge is 0.332 e. The number of ether oxygens (including phenoxy) is 3. The summed E-state index contributed by atoms with van der Waals surface area (Å²) in [4.78, 5) is 47.5. The van der Waals surface area contributed by atoms with Crippen LogP contribution in [0.25, 0.3) is 0 Å². The molecule has 0 rings (SSSR count). The molecule has 0 aliphatic carbocycles. The van der Waals surface area contributed by atoms with Crippen LogP contribution < -0.4 is 0 Å². The van der Waals surface area contributed by atoms with Gasteiger partial charge in [-0.05, 0) is 27.7 Å². The molecule has 0 radical (unpaired) electrons. The van der Waals surface area contributed by atoms with Crippen molar-refractivity contribution in [3.05, 3.63) is 0 Å². The predicted octanol–water partition coefficient (Wildman–Crippen LogP) is 1.56. The summed E-state index contributed by atoms with van der Waals surface area (Å²) in [6.45, 7) is 8.99. The van der Waals surface area contributed by atoms with Gasteiger partial charge in [0.05, 0.1) is 16.7 Å². The van der Waals surface area contributed by atoms with Crippen LogP contribution in [0.1, 0.15) is 41.5 Å². The van der Waals surface area contributed by atoms with Gasteiger partial charge in [0.1, 0.15) is 19.5 Å². The van der Waals surface area contributed by atoms with Crippen LogP contribution in [-0.4, -0.2) is 50.4 Å². The van der Waals surface area contributed by atoms with Crippen molar-refractivity contribution in [2.45, 2.75) is 47.6 Å². The lowest BCUT2D eigenvalue weighted by Crippen LogP contribution is -2.49. The number of aldehydes is 1. The lowest BCUT2D eigenvalue weighted by molar-refractivity contribution is -0.172. The van der Waals surface area contributed by atoms with Gasteiger partial charge < -0.3 is 19.0 Å². The van der Waals surface area contributed by atoms with E-state index in [0.717, 1.165) is 0 Å². The maximum atomic E-state index is 12.8. The minimum absolute atomic E-state index is 0.210. The lowest BCUT2D eigenvalue weighted by atomic mass is 9.76. The summed E-state index contributed by atoms with van der Waals surface area (Å²) >= 11 is 0. The van der Waals surface area contributed by atoms with Crippen molar-refractivity contribution in [3.63, 3.8) is 0 Å². The van der Waals surface area contributed by atoms with Crippen molar-refractivity contribution >= 4 is 24.0 Å². The SMILES string of the molecule is COCC(=O)OCC(C)(C)C(=O)C(OC(=O)C(C)C)C(C)(C)C=O. The number of rotatable bonds is 10. The summed E-state index contributed by atoms with van der Waals surface area (Å²) in [5.41, 5.74) is -2.33. The Hall–Kier alpha value is -1.76. The third kappa shape index (κ3) is 6.39. The zero-order chi connectivity index (χ0) is 19.1. The molecule has 1 unspecified atom stereocenters. The average molecular weight is 344 g/mol. The van der Waals surface area contributed by atoms with E-state index >= 15 is 0 Å². The molecule has 0 saturated heterocycles. The first kappa shape index (κ1) is 22.2. The van der Waals surface area contributed by atoms with Crippen molar-refractivity contribution < 1.29 is 33.4 Å². The number of methoxy groups -OCH3 is 1. The summed E-state index contributed by atoms with van der Waals surface area (Å²) in [7, 11) is 1.35. The first-order chi connectivity index (χ1) is 10.9. The van der Waals surface area contributed by atoms with Crippen LogP contribution in [0.5, 0.6) is 0 Å². The first-order valence-electron chi connectivity index (χ1n) is 7.74. The minimum Gasteiger partial charge on any atom is -0.463 e. The molecule has 0 amide bonds. The molecule has 7 nitrogen and oxygen atoms in total. The third-order valence-electron chi connectivity index (χ3n) is 3.45. The van der Waals surface area contributed by atoms with Gasteiger partial charge in [-0.2, -0.15) is 0 Å². The zero-order valence-corrected chi connectivity index (χ0v) is 15.5. The van der Waals surface area contributed by atoms with Crippen molar-refractivity contribution in [1.29, 1.82) is 0 Å². The molecule has 0 fully saturated rings. The molecule has 0 aliphatic rings. The van der Waals surface area contributed by atoms with Gasteiger partial charge in [-0.1, -0.05) is 13.8 Å². The van der Waals surface area contributed by atoms with Crippen molar-refractivity contribution in [2.24, 2.45) is 16.7 Å². The van der Waals surface area contributed by atoms with Crippen molar-refractivity contribution in [2.75, 3.05) is 20.3 Å². The second-order valence-electron chi connectivity index (χ2n) is 7.25. The quantitative estimate of drug-likeness (QED) is 0.438. The minimum atomic E-state index is -1.26. The number of Topliss-reactive ketones (excluding diaryl/α,β-unsaturated/α-hetero) is 1. The molecule has 0 N–H and O–H groups in total. The highest BCUT2D eigenvalue weighted by Crippen LogP contribution is 2.30. The monoisotopic (exact) mass is 344 g/mol. The Balaban J connectivity index is 5.31. The zero-order valence-electron chi connectivity index (χ0n) is 15.5. The fourth-order valence-corrected chi connectivity index (χ4v) is 1.70. The van der Waals surface area contributed by atoms with E-state index in [1.807, 2.05) is 0 Å². The van der Waals surface area contributed by atoms with E-state index in [1.165, 1.54) is 21.0 Å². The Morgan fingerprint density at radius 1 is 1.08 bits per heavy atom. The van der Waals surface area contributed by atoms with Gasteiger partial charge in [-0.3, -0.25) is 9.59 Å². The van der Waals surface area contributed by atoms with E-state index in [-0.39, 0.29) is 13.2 Å². The van der Waals surface area contributed by atoms with Gasteiger partial charge in [0, 0.05) is 7.11 Å². The molecule has 0 bridgehead atoms. The predicted molar refractivity (Wildman–Crippen MR) is 86.2 cm³/mol. The first-order valence-corrected chi connectivity index (χ1v) is 7.74. The number of carbonyl (C=O) groups is 4. The second kappa shape index (κ2) is 8.92. The van der Waals surface area contributed by atoms with Crippen LogP contribution in [0.15, 0.2) is 0 Å². The molecule has 0 aromatic heterocycles. The van der Waals surface area contributed by atoms with Gasteiger partial charge in [0.2, 0.25) is 0 Å². The van der Waals surface area contributed by atoms with E-state index in [1.54, 1.807) is 27.7 Å². The Bertz CT molecular complexity index is 477. The Labute approximate surface area is 143 Å². The molecule has 0 spiro atoms. The van der Waals surface area contributed by atoms with E-state index in [0.29, 0.717) is 6.29 Å². The highest BCUT2D eigenvalue weighted by molar-refractivity contribution is 5.93. The van der Waals surface area contributed by atoms with Crippen LogP contribution >= 0.6 is 0 Å². The summed E-state index contributed by atoms with van der Waals surface area (Å²) in [5, 5.41) is 0. The molecule has 0 saturated carbocycles. The second-order valence-corrected chi connectivity index (χ2v) is 7.25. The standard InChI is InChI=1S/C17H28O7/c1-11(2)15(21)24-14(16(3,4)9-18)13(20)17(5,6)10-23-12(19)8-22-7/h9,11,14H,8,10H2,1-7H3. The van der Waals surface area contributed by atoms with Crippen molar-refractivity contribution in [1.82, 2.24) is 0 Å². The number of hydrogen-bond donors (Lipinski definition) is 0. The Morgan fingerprint density at radius 3 is 2.04 bits per heavy atom. The number of esters is 2. The van der Waals surface area contributed by atoms with Gasteiger partial charge in [0.15, 0.2) is 11.9 Å².